The van der Waals surface area contributed by atoms with E-state index in [1.165, 1.54) is 148 Å². The molecule has 2 aliphatic heterocycles. The molecule has 1 saturated carbocycles. The first-order chi connectivity index (χ1) is 45.8. The second-order valence-electron chi connectivity index (χ2n) is 27.0. The Hall–Kier alpha value is -2.04. The van der Waals surface area contributed by atoms with Crippen molar-refractivity contribution in [2.75, 3.05) is 26.4 Å². The lowest BCUT2D eigenvalue weighted by Crippen LogP contribution is -2.69. The summed E-state index contributed by atoms with van der Waals surface area (Å²) in [4.78, 5) is 50.9. The third-order valence-electron chi connectivity index (χ3n) is 18.6. The second-order valence-corrected chi connectivity index (χ2v) is 28.4. The second kappa shape index (κ2) is 52.9. The van der Waals surface area contributed by atoms with Crippen molar-refractivity contribution in [2.24, 2.45) is 0 Å². The summed E-state index contributed by atoms with van der Waals surface area (Å²) in [7, 11) is -5.69. The quantitative estimate of drug-likeness (QED) is 0.0117. The molecule has 3 aliphatic rings. The van der Waals surface area contributed by atoms with Crippen molar-refractivity contribution in [1.29, 1.82) is 0 Å². The standard InChI is InChI=1S/C70H131O24P/c1-4-7-10-13-16-19-22-25-28-31-34-37-40-43-46-56(74)89-51(48-86-54(72)44-41-38-35-32-29-26-23-20-17-14-11-8-5-2)49-88-95(84,85)94-68-66(92-69-64(82)59(77)57(75)52(47-71)90-69)62(80)61(79)63(81)67(68)93-70-65(83)60(78)58(76)53(91-70)50-87-55(73)45-42-39-36-33-30-27-24-21-18-15-12-9-6-3/h51-53,57-71,75-83H,4-50H2,1-3H3,(H,84,85). The number of phosphoric ester groups is 1. The van der Waals surface area contributed by atoms with Crippen molar-refractivity contribution < 1.29 is 117 Å². The van der Waals surface area contributed by atoms with Gasteiger partial charge < -0.3 is 89.1 Å². The van der Waals surface area contributed by atoms with E-state index in [0.29, 0.717) is 19.3 Å². The molecule has 0 aromatic heterocycles. The van der Waals surface area contributed by atoms with E-state index in [1.54, 1.807) is 0 Å². The van der Waals surface area contributed by atoms with Gasteiger partial charge in [0.15, 0.2) is 18.7 Å². The molecule has 2 heterocycles. The first-order valence-corrected chi connectivity index (χ1v) is 38.8. The topological polar surface area (TPSA) is 374 Å². The summed E-state index contributed by atoms with van der Waals surface area (Å²) in [6.45, 7) is 3.45. The fourth-order valence-electron chi connectivity index (χ4n) is 12.5. The molecule has 0 spiro atoms. The van der Waals surface area contributed by atoms with Gasteiger partial charge in [-0.05, 0) is 19.3 Å². The molecule has 18 atom stereocenters. The minimum absolute atomic E-state index is 0.0332. The first kappa shape index (κ1) is 87.2. The van der Waals surface area contributed by atoms with E-state index in [-0.39, 0.29) is 19.3 Å². The third-order valence-corrected chi connectivity index (χ3v) is 19.6. The van der Waals surface area contributed by atoms with Gasteiger partial charge in [-0.3, -0.25) is 23.4 Å². The predicted octanol–water partition coefficient (Wildman–Crippen LogP) is 9.80. The number of hydrogen-bond acceptors (Lipinski definition) is 23. The highest BCUT2D eigenvalue weighted by Crippen LogP contribution is 2.49. The normalized spacial score (nSPS) is 28.1. The van der Waals surface area contributed by atoms with Gasteiger partial charge in [0.1, 0.15) is 98.7 Å². The number of aliphatic hydroxyl groups is 10. The number of aliphatic hydroxyl groups excluding tert-OH is 10. The molecule has 0 aromatic carbocycles. The average Bonchev–Trinajstić information content (AvgIpc) is 0.764. The maximum Gasteiger partial charge on any atom is 0.472 e. The van der Waals surface area contributed by atoms with Gasteiger partial charge in [0.25, 0.3) is 0 Å². The van der Waals surface area contributed by atoms with Gasteiger partial charge >= 0.3 is 25.7 Å². The zero-order chi connectivity index (χ0) is 69.6. The number of esters is 3. The molecular formula is C70H131O24P. The van der Waals surface area contributed by atoms with E-state index < -0.39 is 156 Å². The number of phosphoric acid groups is 1. The fourth-order valence-corrected chi connectivity index (χ4v) is 13.5. The Kier molecular flexibility index (Phi) is 48.5. The van der Waals surface area contributed by atoms with Gasteiger partial charge in [0.2, 0.25) is 0 Å². The van der Waals surface area contributed by atoms with Gasteiger partial charge in [-0.2, -0.15) is 0 Å². The zero-order valence-electron chi connectivity index (χ0n) is 58.2. The van der Waals surface area contributed by atoms with Crippen LogP contribution in [0.15, 0.2) is 0 Å². The van der Waals surface area contributed by atoms with Crippen LogP contribution in [-0.4, -0.2) is 204 Å². The average molecular weight is 1390 g/mol. The molecule has 24 nitrogen and oxygen atoms in total. The molecule has 11 N–H and O–H groups in total. The number of ether oxygens (including phenoxy) is 7. The summed E-state index contributed by atoms with van der Waals surface area (Å²) in [6, 6.07) is 0. The SMILES string of the molecule is CCCCCCCCCCCCCCCCC(=O)OC(COC(=O)CCCCCCCCCCCCCCC)COP(=O)(O)OC1C(OC2OC(CO)C(O)C(O)C2O)C(O)C(O)C(O)C1OC1OC(COC(=O)CCCCCCCCCCCCCCC)C(O)C(O)C1O. The molecule has 560 valence electrons. The van der Waals surface area contributed by atoms with Crippen LogP contribution in [-0.2, 0) is 61.2 Å². The molecule has 3 rings (SSSR count). The minimum Gasteiger partial charge on any atom is -0.463 e. The smallest absolute Gasteiger partial charge is 0.463 e. The maximum absolute atomic E-state index is 14.3. The first-order valence-electron chi connectivity index (χ1n) is 37.3. The highest BCUT2D eigenvalue weighted by atomic mass is 31.2. The number of carbonyl (C=O) groups excluding carboxylic acids is 3. The summed E-state index contributed by atoms with van der Waals surface area (Å²) < 4.78 is 65.0. The Bertz CT molecular complexity index is 1980. The van der Waals surface area contributed by atoms with E-state index >= 15 is 0 Å². The largest absolute Gasteiger partial charge is 0.472 e. The van der Waals surface area contributed by atoms with Gasteiger partial charge in [0.05, 0.1) is 13.2 Å². The maximum atomic E-state index is 14.3. The Morgan fingerprint density at radius 3 is 1.03 bits per heavy atom. The van der Waals surface area contributed by atoms with Crippen LogP contribution in [0.2, 0.25) is 0 Å². The zero-order valence-corrected chi connectivity index (χ0v) is 59.1. The molecule has 1 aliphatic carbocycles. The van der Waals surface area contributed by atoms with E-state index in [4.69, 9.17) is 42.2 Å². The number of carbonyl (C=O) groups is 3. The summed E-state index contributed by atoms with van der Waals surface area (Å²) in [5.41, 5.74) is 0. The number of unbranched alkanes of at least 4 members (excludes halogenated alkanes) is 37. The highest BCUT2D eigenvalue weighted by Gasteiger charge is 2.58. The van der Waals surface area contributed by atoms with Crippen molar-refractivity contribution >= 4 is 25.7 Å². The van der Waals surface area contributed by atoms with Crippen LogP contribution < -0.4 is 0 Å². The summed E-state index contributed by atoms with van der Waals surface area (Å²) in [6.07, 6.45) is 8.89. The van der Waals surface area contributed by atoms with E-state index in [0.717, 1.165) is 89.9 Å². The van der Waals surface area contributed by atoms with Crippen molar-refractivity contribution in [3.05, 3.63) is 0 Å². The number of hydrogen-bond donors (Lipinski definition) is 11. The van der Waals surface area contributed by atoms with Crippen LogP contribution >= 0.6 is 7.82 Å². The lowest BCUT2D eigenvalue weighted by Gasteiger charge is -2.49. The van der Waals surface area contributed by atoms with Crippen LogP contribution in [0, 0.1) is 0 Å². The van der Waals surface area contributed by atoms with E-state index in [2.05, 4.69) is 20.8 Å². The summed E-state index contributed by atoms with van der Waals surface area (Å²) >= 11 is 0. The van der Waals surface area contributed by atoms with E-state index in [1.807, 2.05) is 0 Å². The minimum atomic E-state index is -5.69. The molecule has 95 heavy (non-hydrogen) atoms. The molecule has 3 fully saturated rings. The summed E-state index contributed by atoms with van der Waals surface area (Å²) in [5, 5.41) is 110. The molecular weight excluding hydrogens is 1260 g/mol. The molecule has 18 unspecified atom stereocenters. The van der Waals surface area contributed by atoms with Crippen LogP contribution in [0.1, 0.15) is 297 Å². The highest BCUT2D eigenvalue weighted by molar-refractivity contribution is 7.47. The molecule has 0 amide bonds. The van der Waals surface area contributed by atoms with Gasteiger partial charge in [-0.25, -0.2) is 4.57 Å². The molecule has 25 heteroatoms. The van der Waals surface area contributed by atoms with Crippen LogP contribution in [0.3, 0.4) is 0 Å². The monoisotopic (exact) mass is 1390 g/mol. The third kappa shape index (κ3) is 36.4. The van der Waals surface area contributed by atoms with Crippen LogP contribution in [0.4, 0.5) is 0 Å². The molecule has 0 radical (unpaired) electrons. The Morgan fingerprint density at radius 2 is 0.674 bits per heavy atom. The lowest BCUT2D eigenvalue weighted by molar-refractivity contribution is -0.360. The predicted molar refractivity (Wildman–Crippen MR) is 356 cm³/mol. The van der Waals surface area contributed by atoms with Crippen molar-refractivity contribution in [2.45, 2.75) is 401 Å². The van der Waals surface area contributed by atoms with Crippen molar-refractivity contribution in [1.82, 2.24) is 0 Å². The van der Waals surface area contributed by atoms with Gasteiger partial charge in [-0.15, -0.1) is 0 Å². The lowest BCUT2D eigenvalue weighted by atomic mass is 9.84. The van der Waals surface area contributed by atoms with Gasteiger partial charge in [-0.1, -0.05) is 258 Å². The molecule has 2 saturated heterocycles. The summed E-state index contributed by atoms with van der Waals surface area (Å²) in [5.74, 6) is -1.97. The molecule has 0 aromatic rings. The Labute approximate surface area is 568 Å². The van der Waals surface area contributed by atoms with E-state index in [9.17, 15) is 74.9 Å². The van der Waals surface area contributed by atoms with Crippen molar-refractivity contribution in [3.63, 3.8) is 0 Å². The van der Waals surface area contributed by atoms with Crippen LogP contribution in [0.25, 0.3) is 0 Å². The van der Waals surface area contributed by atoms with Crippen molar-refractivity contribution in [3.8, 4) is 0 Å². The fraction of sp³-hybridized carbons (Fsp3) is 0.957. The van der Waals surface area contributed by atoms with Gasteiger partial charge in [0, 0.05) is 19.3 Å². The number of rotatable bonds is 58. The molecule has 0 bridgehead atoms. The van der Waals surface area contributed by atoms with Crippen LogP contribution in [0.5, 0.6) is 0 Å². The Morgan fingerprint density at radius 1 is 0.368 bits per heavy atom. The Balaban J connectivity index is 1.74.